The van der Waals surface area contributed by atoms with Gasteiger partial charge in [0, 0.05) is 25.6 Å². The number of piperidine rings is 1. The molecule has 0 unspecified atom stereocenters. The van der Waals surface area contributed by atoms with Gasteiger partial charge in [-0.3, -0.25) is 9.59 Å². The van der Waals surface area contributed by atoms with Gasteiger partial charge in [0.15, 0.2) is 0 Å². The summed E-state index contributed by atoms with van der Waals surface area (Å²) in [5.74, 6) is -2.65. The molecular formula is C20H20F2N2O2. The van der Waals surface area contributed by atoms with Crippen molar-refractivity contribution in [1.82, 2.24) is 10.2 Å². The highest BCUT2D eigenvalue weighted by Gasteiger charge is 2.30. The molecule has 0 atom stereocenters. The number of carbonyl (C=O) groups is 2. The van der Waals surface area contributed by atoms with E-state index in [0.29, 0.717) is 32.5 Å². The molecule has 2 amide bonds. The van der Waals surface area contributed by atoms with Crippen molar-refractivity contribution in [2.75, 3.05) is 13.1 Å². The Morgan fingerprint density at radius 3 is 2.19 bits per heavy atom. The van der Waals surface area contributed by atoms with Crippen molar-refractivity contribution in [2.45, 2.75) is 19.4 Å². The first-order valence-electron chi connectivity index (χ1n) is 8.61. The van der Waals surface area contributed by atoms with Crippen molar-refractivity contribution in [1.29, 1.82) is 0 Å². The average Bonchev–Trinajstić information content (AvgIpc) is 2.67. The largest absolute Gasteiger partial charge is 0.352 e. The summed E-state index contributed by atoms with van der Waals surface area (Å²) in [7, 11) is 0. The summed E-state index contributed by atoms with van der Waals surface area (Å²) in [6.07, 6.45) is 0.949. The predicted octanol–water partition coefficient (Wildman–Crippen LogP) is 3.13. The van der Waals surface area contributed by atoms with Gasteiger partial charge in [0.2, 0.25) is 5.91 Å². The second-order valence-electron chi connectivity index (χ2n) is 6.37. The Labute approximate surface area is 150 Å². The number of hydrogen-bond donors (Lipinski definition) is 1. The summed E-state index contributed by atoms with van der Waals surface area (Å²) in [5.41, 5.74) is 0.489. The molecule has 1 fully saturated rings. The maximum Gasteiger partial charge on any atom is 0.259 e. The van der Waals surface area contributed by atoms with Crippen molar-refractivity contribution < 1.29 is 18.4 Å². The van der Waals surface area contributed by atoms with Crippen LogP contribution in [0.25, 0.3) is 0 Å². The van der Waals surface area contributed by atoms with Crippen LogP contribution in [0.2, 0.25) is 0 Å². The first-order valence-corrected chi connectivity index (χ1v) is 8.61. The van der Waals surface area contributed by atoms with Crippen LogP contribution in [0.4, 0.5) is 8.78 Å². The van der Waals surface area contributed by atoms with Gasteiger partial charge in [0.1, 0.15) is 17.2 Å². The fraction of sp³-hybridized carbons (Fsp3) is 0.300. The molecule has 0 aromatic heterocycles. The fourth-order valence-electron chi connectivity index (χ4n) is 3.13. The molecule has 2 aromatic carbocycles. The number of rotatable bonds is 4. The van der Waals surface area contributed by atoms with Crippen LogP contribution in [-0.2, 0) is 11.3 Å². The highest BCUT2D eigenvalue weighted by molar-refractivity contribution is 5.95. The lowest BCUT2D eigenvalue weighted by atomic mass is 9.95. The van der Waals surface area contributed by atoms with Gasteiger partial charge in [-0.15, -0.1) is 0 Å². The third kappa shape index (κ3) is 4.07. The van der Waals surface area contributed by atoms with E-state index in [2.05, 4.69) is 5.32 Å². The maximum absolute atomic E-state index is 13.8. The van der Waals surface area contributed by atoms with E-state index >= 15 is 0 Å². The third-order valence-corrected chi connectivity index (χ3v) is 4.64. The van der Waals surface area contributed by atoms with Crippen LogP contribution in [-0.4, -0.2) is 29.8 Å². The number of amides is 2. The first-order chi connectivity index (χ1) is 12.6. The monoisotopic (exact) mass is 358 g/mol. The molecule has 1 saturated heterocycles. The van der Waals surface area contributed by atoms with Crippen LogP contribution in [0, 0.1) is 17.6 Å². The molecular weight excluding hydrogens is 338 g/mol. The standard InChI is InChI=1S/C20H20F2N2O2/c21-16-7-4-8-17(22)18(16)20(26)24-11-9-15(10-12-24)19(25)23-13-14-5-2-1-3-6-14/h1-8,15H,9-13H2,(H,23,25). The Kier molecular flexibility index (Phi) is 5.61. The average molecular weight is 358 g/mol. The number of likely N-dealkylation sites (tertiary alicyclic amines) is 1. The van der Waals surface area contributed by atoms with Crippen LogP contribution < -0.4 is 5.32 Å². The van der Waals surface area contributed by atoms with Crippen molar-refractivity contribution in [2.24, 2.45) is 5.92 Å². The van der Waals surface area contributed by atoms with E-state index in [-0.39, 0.29) is 11.8 Å². The van der Waals surface area contributed by atoms with Gasteiger partial charge in [0.05, 0.1) is 0 Å². The van der Waals surface area contributed by atoms with Crippen LogP contribution in [0.3, 0.4) is 0 Å². The second kappa shape index (κ2) is 8.08. The minimum absolute atomic E-state index is 0.0574. The Bertz CT molecular complexity index is 767. The summed E-state index contributed by atoms with van der Waals surface area (Å²) in [6.45, 7) is 1.06. The zero-order chi connectivity index (χ0) is 18.5. The van der Waals surface area contributed by atoms with Crippen molar-refractivity contribution in [3.8, 4) is 0 Å². The Morgan fingerprint density at radius 1 is 0.962 bits per heavy atom. The van der Waals surface area contributed by atoms with Crippen molar-refractivity contribution in [3.05, 3.63) is 71.3 Å². The molecule has 0 spiro atoms. The molecule has 0 radical (unpaired) electrons. The minimum Gasteiger partial charge on any atom is -0.352 e. The fourth-order valence-corrected chi connectivity index (χ4v) is 3.13. The molecule has 26 heavy (non-hydrogen) atoms. The zero-order valence-corrected chi connectivity index (χ0v) is 14.3. The Balaban J connectivity index is 1.54. The molecule has 4 nitrogen and oxygen atoms in total. The molecule has 2 aromatic rings. The van der Waals surface area contributed by atoms with E-state index in [0.717, 1.165) is 17.7 Å². The normalized spacial score (nSPS) is 14.9. The first kappa shape index (κ1) is 18.0. The van der Waals surface area contributed by atoms with Gasteiger partial charge >= 0.3 is 0 Å². The summed E-state index contributed by atoms with van der Waals surface area (Å²) >= 11 is 0. The molecule has 6 heteroatoms. The highest BCUT2D eigenvalue weighted by Crippen LogP contribution is 2.21. The minimum atomic E-state index is -0.863. The van der Waals surface area contributed by atoms with E-state index in [4.69, 9.17) is 0 Å². The Morgan fingerprint density at radius 2 is 1.58 bits per heavy atom. The Hall–Kier alpha value is -2.76. The summed E-state index contributed by atoms with van der Waals surface area (Å²) in [4.78, 5) is 26.1. The third-order valence-electron chi connectivity index (χ3n) is 4.64. The summed E-state index contributed by atoms with van der Waals surface area (Å²) in [5, 5.41) is 2.90. The molecule has 1 aliphatic heterocycles. The van der Waals surface area contributed by atoms with Crippen LogP contribution >= 0.6 is 0 Å². The van der Waals surface area contributed by atoms with Crippen LogP contribution in [0.1, 0.15) is 28.8 Å². The molecule has 1 N–H and O–H groups in total. The molecule has 1 heterocycles. The van der Waals surface area contributed by atoms with E-state index in [9.17, 15) is 18.4 Å². The number of carbonyl (C=O) groups excluding carboxylic acids is 2. The van der Waals surface area contributed by atoms with E-state index in [1.54, 1.807) is 0 Å². The lowest BCUT2D eigenvalue weighted by Gasteiger charge is -2.31. The molecule has 0 bridgehead atoms. The second-order valence-corrected chi connectivity index (χ2v) is 6.37. The molecule has 0 saturated carbocycles. The predicted molar refractivity (Wildman–Crippen MR) is 93.3 cm³/mol. The SMILES string of the molecule is O=C(NCc1ccccc1)C1CCN(C(=O)c2c(F)cccc2F)CC1. The zero-order valence-electron chi connectivity index (χ0n) is 14.3. The lowest BCUT2D eigenvalue weighted by molar-refractivity contribution is -0.126. The molecule has 136 valence electrons. The van der Waals surface area contributed by atoms with Crippen molar-refractivity contribution in [3.63, 3.8) is 0 Å². The lowest BCUT2D eigenvalue weighted by Crippen LogP contribution is -2.43. The molecule has 3 rings (SSSR count). The van der Waals surface area contributed by atoms with Gasteiger partial charge in [-0.2, -0.15) is 0 Å². The summed E-state index contributed by atoms with van der Waals surface area (Å²) in [6, 6.07) is 13.0. The number of benzene rings is 2. The quantitative estimate of drug-likeness (QED) is 0.913. The number of nitrogens with zero attached hydrogens (tertiary/aromatic N) is 1. The van der Waals surface area contributed by atoms with Gasteiger partial charge in [-0.1, -0.05) is 36.4 Å². The molecule has 0 aliphatic carbocycles. The smallest absolute Gasteiger partial charge is 0.259 e. The van der Waals surface area contributed by atoms with Gasteiger partial charge < -0.3 is 10.2 Å². The van der Waals surface area contributed by atoms with Gasteiger partial charge in [-0.25, -0.2) is 8.78 Å². The number of nitrogens with one attached hydrogen (secondary N) is 1. The number of hydrogen-bond acceptors (Lipinski definition) is 2. The van der Waals surface area contributed by atoms with E-state index in [1.807, 2.05) is 30.3 Å². The van der Waals surface area contributed by atoms with E-state index in [1.165, 1.54) is 11.0 Å². The number of halogens is 2. The van der Waals surface area contributed by atoms with Crippen LogP contribution in [0.15, 0.2) is 48.5 Å². The van der Waals surface area contributed by atoms with E-state index < -0.39 is 23.1 Å². The molecule has 1 aliphatic rings. The van der Waals surface area contributed by atoms with Gasteiger partial charge in [-0.05, 0) is 30.5 Å². The maximum atomic E-state index is 13.8. The highest BCUT2D eigenvalue weighted by atomic mass is 19.1. The topological polar surface area (TPSA) is 49.4 Å². The summed E-state index contributed by atoms with van der Waals surface area (Å²) < 4.78 is 27.5. The van der Waals surface area contributed by atoms with Crippen LogP contribution in [0.5, 0.6) is 0 Å². The van der Waals surface area contributed by atoms with Crippen molar-refractivity contribution >= 4 is 11.8 Å². The van der Waals surface area contributed by atoms with Gasteiger partial charge in [0.25, 0.3) is 5.91 Å².